The molecule has 0 unspecified atom stereocenters. The summed E-state index contributed by atoms with van der Waals surface area (Å²) in [4.78, 5) is 22.9. The molecule has 116 valence electrons. The first-order valence-electron chi connectivity index (χ1n) is 7.09. The van der Waals surface area contributed by atoms with E-state index < -0.39 is 11.9 Å². The van der Waals surface area contributed by atoms with Gasteiger partial charge in [-0.3, -0.25) is 0 Å². The summed E-state index contributed by atoms with van der Waals surface area (Å²) in [6.07, 6.45) is 0. The second-order valence-electron chi connectivity index (χ2n) is 5.17. The van der Waals surface area contributed by atoms with Crippen LogP contribution >= 0.6 is 0 Å². The lowest BCUT2D eigenvalue weighted by Crippen LogP contribution is -2.09. The molecule has 0 atom stereocenters. The first-order valence-corrected chi connectivity index (χ1v) is 7.09. The number of rotatable bonds is 4. The van der Waals surface area contributed by atoms with Crippen LogP contribution in [0, 0.1) is 0 Å². The molecule has 1 heterocycles. The minimum atomic E-state index is -0.965. The number of esters is 1. The maximum atomic E-state index is 11.5. The number of methoxy groups -OCH3 is 1. The average Bonchev–Trinajstić information content (AvgIpc) is 2.94. The number of hydrogen-bond donors (Lipinski definition) is 1. The maximum absolute atomic E-state index is 11.5. The Morgan fingerprint density at radius 3 is 2.43 bits per heavy atom. The number of carboxylic acid groups (broad SMARTS) is 1. The smallest absolute Gasteiger partial charge is 0.352 e. The van der Waals surface area contributed by atoms with Crippen LogP contribution in [-0.2, 0) is 11.3 Å². The van der Waals surface area contributed by atoms with Crippen molar-refractivity contribution in [1.82, 2.24) is 4.57 Å². The van der Waals surface area contributed by atoms with E-state index in [0.29, 0.717) is 12.1 Å². The molecule has 23 heavy (non-hydrogen) atoms. The van der Waals surface area contributed by atoms with Crippen LogP contribution in [0.25, 0.3) is 10.9 Å². The Morgan fingerprint density at radius 1 is 1.09 bits per heavy atom. The number of hydrogen-bond acceptors (Lipinski definition) is 3. The molecule has 0 aliphatic heterocycles. The van der Waals surface area contributed by atoms with E-state index in [2.05, 4.69) is 4.74 Å². The minimum Gasteiger partial charge on any atom is -0.477 e. The molecule has 0 radical (unpaired) electrons. The number of aromatic nitrogens is 1. The van der Waals surface area contributed by atoms with Crippen molar-refractivity contribution in [1.29, 1.82) is 0 Å². The highest BCUT2D eigenvalue weighted by molar-refractivity contribution is 5.94. The molecule has 0 amide bonds. The minimum absolute atomic E-state index is 0.239. The Kier molecular flexibility index (Phi) is 3.85. The van der Waals surface area contributed by atoms with Crippen LogP contribution in [0.1, 0.15) is 26.4 Å². The Morgan fingerprint density at radius 2 is 1.78 bits per heavy atom. The Hall–Kier alpha value is -3.08. The van der Waals surface area contributed by atoms with Gasteiger partial charge in [-0.2, -0.15) is 0 Å². The highest BCUT2D eigenvalue weighted by Gasteiger charge is 2.14. The summed E-state index contributed by atoms with van der Waals surface area (Å²) in [6.45, 7) is 0.413. The number of benzene rings is 2. The van der Waals surface area contributed by atoms with Gasteiger partial charge in [0.15, 0.2) is 0 Å². The average molecular weight is 309 g/mol. The first-order chi connectivity index (χ1) is 11.1. The number of aromatic carboxylic acids is 1. The highest BCUT2D eigenvalue weighted by atomic mass is 16.5. The van der Waals surface area contributed by atoms with Crippen LogP contribution in [0.2, 0.25) is 0 Å². The second-order valence-corrected chi connectivity index (χ2v) is 5.17. The zero-order valence-electron chi connectivity index (χ0n) is 12.5. The standard InChI is InChI=1S/C18H15NO4/c1-23-18(22)13-8-6-12(7-9-13)11-19-15-5-3-2-4-14(15)10-16(19)17(20)21/h2-10H,11H2,1H3,(H,20,21). The molecule has 0 aliphatic rings. The van der Waals surface area contributed by atoms with Crippen LogP contribution < -0.4 is 0 Å². The van der Waals surface area contributed by atoms with Crippen molar-refractivity contribution < 1.29 is 19.4 Å². The van der Waals surface area contributed by atoms with Gasteiger partial charge in [-0.1, -0.05) is 30.3 Å². The Labute approximate surface area is 132 Å². The molecule has 5 nitrogen and oxygen atoms in total. The third-order valence-electron chi connectivity index (χ3n) is 3.75. The van der Waals surface area contributed by atoms with Crippen molar-refractivity contribution in [2.75, 3.05) is 7.11 Å². The highest BCUT2D eigenvalue weighted by Crippen LogP contribution is 2.21. The fourth-order valence-corrected chi connectivity index (χ4v) is 2.60. The van der Waals surface area contributed by atoms with Crippen molar-refractivity contribution in [2.24, 2.45) is 0 Å². The van der Waals surface area contributed by atoms with Crippen molar-refractivity contribution >= 4 is 22.8 Å². The number of para-hydroxylation sites is 1. The lowest BCUT2D eigenvalue weighted by molar-refractivity contribution is 0.0599. The van der Waals surface area contributed by atoms with Gasteiger partial charge >= 0.3 is 11.9 Å². The van der Waals surface area contributed by atoms with Gasteiger partial charge < -0.3 is 14.4 Å². The normalized spacial score (nSPS) is 10.7. The quantitative estimate of drug-likeness (QED) is 0.752. The number of nitrogens with zero attached hydrogens (tertiary/aromatic N) is 1. The summed E-state index contributed by atoms with van der Waals surface area (Å²) in [7, 11) is 1.33. The van der Waals surface area contributed by atoms with E-state index in [0.717, 1.165) is 16.5 Å². The van der Waals surface area contributed by atoms with E-state index in [9.17, 15) is 14.7 Å². The zero-order chi connectivity index (χ0) is 16.4. The van der Waals surface area contributed by atoms with Crippen LogP contribution in [0.3, 0.4) is 0 Å². The van der Waals surface area contributed by atoms with Crippen molar-refractivity contribution in [3.05, 3.63) is 71.4 Å². The number of fused-ring (bicyclic) bond motifs is 1. The van der Waals surface area contributed by atoms with Crippen LogP contribution in [0.4, 0.5) is 0 Å². The van der Waals surface area contributed by atoms with Gasteiger partial charge in [-0.25, -0.2) is 9.59 Å². The molecular formula is C18H15NO4. The van der Waals surface area contributed by atoms with E-state index >= 15 is 0 Å². The molecule has 0 aliphatic carbocycles. The van der Waals surface area contributed by atoms with Crippen molar-refractivity contribution in [3.63, 3.8) is 0 Å². The molecule has 0 spiro atoms. The monoisotopic (exact) mass is 309 g/mol. The van der Waals surface area contributed by atoms with E-state index in [1.54, 1.807) is 34.9 Å². The molecular weight excluding hydrogens is 294 g/mol. The lowest BCUT2D eigenvalue weighted by Gasteiger charge is -2.09. The van der Waals surface area contributed by atoms with E-state index in [-0.39, 0.29) is 5.69 Å². The number of carboxylic acids is 1. The summed E-state index contributed by atoms with van der Waals surface area (Å²) in [5, 5.41) is 10.3. The van der Waals surface area contributed by atoms with E-state index in [1.807, 2.05) is 24.3 Å². The third kappa shape index (κ3) is 2.81. The Balaban J connectivity index is 1.99. The van der Waals surface area contributed by atoms with Gasteiger partial charge in [0.05, 0.1) is 12.7 Å². The molecule has 3 aromatic rings. The second kappa shape index (κ2) is 5.96. The van der Waals surface area contributed by atoms with Crippen molar-refractivity contribution in [3.8, 4) is 0 Å². The van der Waals surface area contributed by atoms with Gasteiger partial charge in [0, 0.05) is 17.4 Å². The van der Waals surface area contributed by atoms with Gasteiger partial charge in [0.25, 0.3) is 0 Å². The molecule has 5 heteroatoms. The summed E-state index contributed by atoms with van der Waals surface area (Å²) >= 11 is 0. The predicted octanol–water partition coefficient (Wildman–Crippen LogP) is 3.17. The van der Waals surface area contributed by atoms with Gasteiger partial charge in [0.2, 0.25) is 0 Å². The largest absolute Gasteiger partial charge is 0.477 e. The van der Waals surface area contributed by atoms with Crippen molar-refractivity contribution in [2.45, 2.75) is 6.54 Å². The van der Waals surface area contributed by atoms with Crippen LogP contribution in [0.5, 0.6) is 0 Å². The summed E-state index contributed by atoms with van der Waals surface area (Å²) in [5.74, 6) is -1.36. The molecule has 1 aromatic heterocycles. The maximum Gasteiger partial charge on any atom is 0.352 e. The van der Waals surface area contributed by atoms with Gasteiger partial charge in [-0.15, -0.1) is 0 Å². The molecule has 1 N–H and O–H groups in total. The molecule has 0 saturated heterocycles. The molecule has 0 saturated carbocycles. The van der Waals surface area contributed by atoms with E-state index in [4.69, 9.17) is 0 Å². The number of carbonyl (C=O) groups is 2. The summed E-state index contributed by atoms with van der Waals surface area (Å²) < 4.78 is 6.42. The molecule has 0 bridgehead atoms. The SMILES string of the molecule is COC(=O)c1ccc(Cn2c(C(=O)O)cc3ccccc32)cc1. The lowest BCUT2D eigenvalue weighted by atomic mass is 10.1. The van der Waals surface area contributed by atoms with Crippen LogP contribution in [0.15, 0.2) is 54.6 Å². The van der Waals surface area contributed by atoms with Gasteiger partial charge in [0.1, 0.15) is 5.69 Å². The molecule has 0 fully saturated rings. The topological polar surface area (TPSA) is 68.5 Å². The zero-order valence-corrected chi connectivity index (χ0v) is 12.5. The van der Waals surface area contributed by atoms with E-state index in [1.165, 1.54) is 7.11 Å². The fraction of sp³-hybridized carbons (Fsp3) is 0.111. The van der Waals surface area contributed by atoms with Crippen LogP contribution in [-0.4, -0.2) is 28.7 Å². The number of carbonyl (C=O) groups excluding carboxylic acids is 1. The predicted molar refractivity (Wildman–Crippen MR) is 85.8 cm³/mol. The van der Waals surface area contributed by atoms with Gasteiger partial charge in [-0.05, 0) is 29.8 Å². The molecule has 2 aromatic carbocycles. The fourth-order valence-electron chi connectivity index (χ4n) is 2.60. The summed E-state index contributed by atoms with van der Waals surface area (Å²) in [6, 6.07) is 16.2. The first kappa shape index (κ1) is 14.8. The number of ether oxygens (including phenoxy) is 1. The third-order valence-corrected chi connectivity index (χ3v) is 3.75. The molecule has 3 rings (SSSR count). The Bertz CT molecular complexity index is 878. The summed E-state index contributed by atoms with van der Waals surface area (Å²) in [5.41, 5.74) is 2.47.